The number of fused-ring (bicyclic) bond motifs is 1. The summed E-state index contributed by atoms with van der Waals surface area (Å²) in [5, 5.41) is 10.4. The summed E-state index contributed by atoms with van der Waals surface area (Å²) in [4.78, 5) is 29.3. The second-order valence-electron chi connectivity index (χ2n) is 7.51. The number of anilines is 1. The molecule has 34 heavy (non-hydrogen) atoms. The Kier molecular flexibility index (Phi) is 7.02. The first-order chi connectivity index (χ1) is 16.5. The van der Waals surface area contributed by atoms with Crippen LogP contribution in [0.1, 0.15) is 31.0 Å². The van der Waals surface area contributed by atoms with Gasteiger partial charge in [-0.3, -0.25) is 5.32 Å². The molecule has 0 spiro atoms. The number of carbonyl (C=O) groups excluding carboxylic acids is 2. The molecule has 9 heteroatoms. The van der Waals surface area contributed by atoms with Crippen LogP contribution in [0.2, 0.25) is 0 Å². The maximum absolute atomic E-state index is 12.5. The summed E-state index contributed by atoms with van der Waals surface area (Å²) in [5.74, 6) is 0.499. The number of carbonyl (C=O) groups is 2. The lowest BCUT2D eigenvalue weighted by molar-refractivity contribution is 0.150. The summed E-state index contributed by atoms with van der Waals surface area (Å²) in [6.07, 6.45) is 0.857. The van der Waals surface area contributed by atoms with Crippen molar-refractivity contribution < 1.29 is 19.1 Å². The van der Waals surface area contributed by atoms with E-state index in [0.717, 1.165) is 15.8 Å². The zero-order valence-corrected chi connectivity index (χ0v) is 18.9. The van der Waals surface area contributed by atoms with Crippen LogP contribution >= 0.6 is 0 Å². The zero-order chi connectivity index (χ0) is 23.9. The van der Waals surface area contributed by atoms with E-state index in [-0.39, 0.29) is 31.0 Å². The van der Waals surface area contributed by atoms with Crippen LogP contribution in [-0.2, 0) is 11.3 Å². The number of benzene rings is 2. The summed E-state index contributed by atoms with van der Waals surface area (Å²) in [6.45, 7) is 4.06. The lowest BCUT2D eigenvalue weighted by Crippen LogP contribution is -2.31. The second kappa shape index (κ2) is 10.5. The number of aromatic nitrogens is 3. The molecule has 0 radical (unpaired) electrons. The van der Waals surface area contributed by atoms with Crippen LogP contribution < -0.4 is 15.4 Å². The van der Waals surface area contributed by atoms with Crippen LogP contribution in [0.5, 0.6) is 5.88 Å². The molecule has 0 unspecified atom stereocenters. The zero-order valence-electron chi connectivity index (χ0n) is 18.9. The standard InChI is InChI=1S/C25H25N5O4/c1-3-33-25(32)30-21-14-22(28-24(31)27-17(2)19-12-8-5-9-13-19)26-15-20(21)23(29-30)34-16-18-10-6-4-7-11-18/h4-15,17H,3,16H2,1-2H3,(H2,26,27,28,31)/t17-/m1/s1. The van der Waals surface area contributed by atoms with E-state index in [2.05, 4.69) is 20.7 Å². The van der Waals surface area contributed by atoms with E-state index in [1.54, 1.807) is 13.0 Å². The summed E-state index contributed by atoms with van der Waals surface area (Å²) in [7, 11) is 0. The molecule has 0 aliphatic heterocycles. The highest BCUT2D eigenvalue weighted by molar-refractivity contribution is 5.95. The normalized spacial score (nSPS) is 11.6. The molecule has 0 aliphatic carbocycles. The molecule has 0 saturated carbocycles. The number of urea groups is 1. The van der Waals surface area contributed by atoms with Gasteiger partial charge in [0.25, 0.3) is 0 Å². The second-order valence-corrected chi connectivity index (χ2v) is 7.51. The van der Waals surface area contributed by atoms with Crippen LogP contribution in [0.4, 0.5) is 15.4 Å². The van der Waals surface area contributed by atoms with Crippen molar-refractivity contribution in [3.8, 4) is 5.88 Å². The van der Waals surface area contributed by atoms with Crippen molar-refractivity contribution in [2.24, 2.45) is 0 Å². The van der Waals surface area contributed by atoms with Gasteiger partial charge >= 0.3 is 12.1 Å². The molecule has 0 fully saturated rings. The van der Waals surface area contributed by atoms with Gasteiger partial charge in [0.1, 0.15) is 12.4 Å². The van der Waals surface area contributed by atoms with Crippen molar-refractivity contribution in [1.29, 1.82) is 0 Å². The minimum absolute atomic E-state index is 0.191. The van der Waals surface area contributed by atoms with Gasteiger partial charge in [-0.2, -0.15) is 4.68 Å². The molecule has 2 aromatic carbocycles. The number of amides is 2. The minimum Gasteiger partial charge on any atom is -0.471 e. The average Bonchev–Trinajstić information content (AvgIpc) is 3.22. The Hall–Kier alpha value is -4.40. The molecule has 2 heterocycles. The third-order valence-corrected chi connectivity index (χ3v) is 5.08. The number of nitrogens with one attached hydrogen (secondary N) is 2. The number of hydrogen-bond donors (Lipinski definition) is 2. The van der Waals surface area contributed by atoms with Gasteiger partial charge < -0.3 is 14.8 Å². The molecule has 2 N–H and O–H groups in total. The largest absolute Gasteiger partial charge is 0.471 e. The number of ether oxygens (including phenoxy) is 2. The topological polar surface area (TPSA) is 107 Å². The van der Waals surface area contributed by atoms with Crippen molar-refractivity contribution in [2.75, 3.05) is 11.9 Å². The van der Waals surface area contributed by atoms with Gasteiger partial charge in [0.05, 0.1) is 23.6 Å². The minimum atomic E-state index is -0.652. The quantitative estimate of drug-likeness (QED) is 0.407. The van der Waals surface area contributed by atoms with Crippen molar-refractivity contribution in [3.63, 3.8) is 0 Å². The van der Waals surface area contributed by atoms with Crippen molar-refractivity contribution in [3.05, 3.63) is 84.1 Å². The monoisotopic (exact) mass is 459 g/mol. The van der Waals surface area contributed by atoms with Crippen LogP contribution in [0, 0.1) is 0 Å². The maximum atomic E-state index is 12.5. The molecule has 4 rings (SSSR count). The lowest BCUT2D eigenvalue weighted by atomic mass is 10.1. The Balaban J connectivity index is 1.55. The van der Waals surface area contributed by atoms with E-state index < -0.39 is 12.1 Å². The van der Waals surface area contributed by atoms with E-state index in [1.165, 1.54) is 6.20 Å². The third-order valence-electron chi connectivity index (χ3n) is 5.08. The summed E-state index contributed by atoms with van der Waals surface area (Å²) in [6, 6.07) is 20.1. The molecular weight excluding hydrogens is 434 g/mol. The van der Waals surface area contributed by atoms with Crippen molar-refractivity contribution in [1.82, 2.24) is 20.1 Å². The van der Waals surface area contributed by atoms with Gasteiger partial charge in [0.15, 0.2) is 0 Å². The number of pyridine rings is 1. The van der Waals surface area contributed by atoms with E-state index in [9.17, 15) is 9.59 Å². The summed E-state index contributed by atoms with van der Waals surface area (Å²) in [5.41, 5.74) is 2.33. The number of rotatable bonds is 7. The molecule has 1 atom stereocenters. The highest BCUT2D eigenvalue weighted by Crippen LogP contribution is 2.27. The van der Waals surface area contributed by atoms with Gasteiger partial charge in [-0.05, 0) is 25.0 Å². The van der Waals surface area contributed by atoms with Gasteiger partial charge in [0.2, 0.25) is 5.88 Å². The fourth-order valence-electron chi connectivity index (χ4n) is 3.38. The molecule has 0 bridgehead atoms. The fourth-order valence-corrected chi connectivity index (χ4v) is 3.38. The van der Waals surface area contributed by atoms with Gasteiger partial charge in [0, 0.05) is 12.3 Å². The molecule has 4 aromatic rings. The Morgan fingerprint density at radius 1 is 1.06 bits per heavy atom. The molecule has 0 aliphatic rings. The highest BCUT2D eigenvalue weighted by Gasteiger charge is 2.20. The predicted molar refractivity (Wildman–Crippen MR) is 128 cm³/mol. The Labute approximate surface area is 196 Å². The van der Waals surface area contributed by atoms with E-state index in [0.29, 0.717) is 10.9 Å². The van der Waals surface area contributed by atoms with E-state index >= 15 is 0 Å². The predicted octanol–water partition coefficient (Wildman–Crippen LogP) is 4.90. The SMILES string of the molecule is CCOC(=O)n1nc(OCc2ccccc2)c2cnc(NC(=O)N[C@H](C)c3ccccc3)cc21. The van der Waals surface area contributed by atoms with Crippen molar-refractivity contribution >= 4 is 28.8 Å². The van der Waals surface area contributed by atoms with E-state index in [1.807, 2.05) is 67.6 Å². The van der Waals surface area contributed by atoms with Crippen molar-refractivity contribution in [2.45, 2.75) is 26.5 Å². The van der Waals surface area contributed by atoms with E-state index in [4.69, 9.17) is 9.47 Å². The smallest absolute Gasteiger partial charge is 0.435 e. The molecule has 2 amide bonds. The molecule has 0 saturated heterocycles. The van der Waals surface area contributed by atoms with Crippen LogP contribution in [0.25, 0.3) is 10.9 Å². The maximum Gasteiger partial charge on any atom is 0.435 e. The first-order valence-electron chi connectivity index (χ1n) is 10.9. The first kappa shape index (κ1) is 22.8. The van der Waals surface area contributed by atoms with Crippen LogP contribution in [-0.4, -0.2) is 33.5 Å². The average molecular weight is 460 g/mol. The van der Waals surface area contributed by atoms with Gasteiger partial charge in [-0.1, -0.05) is 60.7 Å². The van der Waals surface area contributed by atoms with Gasteiger partial charge in [-0.15, -0.1) is 5.10 Å². The summed E-state index contributed by atoms with van der Waals surface area (Å²) >= 11 is 0. The fraction of sp³-hybridized carbons (Fsp3) is 0.200. The number of hydrogen-bond acceptors (Lipinski definition) is 6. The van der Waals surface area contributed by atoms with Gasteiger partial charge in [-0.25, -0.2) is 14.6 Å². The first-order valence-corrected chi connectivity index (χ1v) is 10.9. The Morgan fingerprint density at radius 3 is 2.47 bits per heavy atom. The molecular formula is C25H25N5O4. The Bertz CT molecular complexity index is 1270. The molecule has 9 nitrogen and oxygen atoms in total. The van der Waals surface area contributed by atoms with Crippen LogP contribution in [0.15, 0.2) is 72.9 Å². The highest BCUT2D eigenvalue weighted by atomic mass is 16.6. The van der Waals surface area contributed by atoms with Crippen LogP contribution in [0.3, 0.4) is 0 Å². The third kappa shape index (κ3) is 5.32. The summed E-state index contributed by atoms with van der Waals surface area (Å²) < 4.78 is 12.1. The number of nitrogens with zero attached hydrogens (tertiary/aromatic N) is 3. The lowest BCUT2D eigenvalue weighted by Gasteiger charge is -2.14. The Morgan fingerprint density at radius 2 is 1.76 bits per heavy atom. The molecule has 174 valence electrons. The molecule has 2 aromatic heterocycles.